The fourth-order valence-electron chi connectivity index (χ4n) is 3.26. The summed E-state index contributed by atoms with van der Waals surface area (Å²) in [5.41, 5.74) is 3.56. The number of nitrogens with zero attached hydrogens (tertiary/aromatic N) is 1. The summed E-state index contributed by atoms with van der Waals surface area (Å²) >= 11 is 5.94. The van der Waals surface area contributed by atoms with Crippen molar-refractivity contribution in [3.8, 4) is 11.1 Å². The quantitative estimate of drug-likeness (QED) is 0.861. The van der Waals surface area contributed by atoms with Crippen LogP contribution < -0.4 is 5.32 Å². The van der Waals surface area contributed by atoms with Crippen molar-refractivity contribution in [2.75, 3.05) is 19.6 Å². The predicted octanol–water partition coefficient (Wildman–Crippen LogP) is 3.30. The Morgan fingerprint density at radius 3 is 2.40 bits per heavy atom. The van der Waals surface area contributed by atoms with Crippen LogP contribution in [0.3, 0.4) is 0 Å². The van der Waals surface area contributed by atoms with E-state index in [0.29, 0.717) is 0 Å². The molecule has 0 radical (unpaired) electrons. The maximum atomic E-state index is 11.2. The minimum absolute atomic E-state index is 0.275. The SMILES string of the molecule is C[C@@H](C(=O)O)N1CCNC(Cc2ccc(-c3ccc(Cl)cc3)cc2)C1. The first-order valence-corrected chi connectivity index (χ1v) is 8.96. The molecule has 3 rings (SSSR count). The van der Waals surface area contributed by atoms with Gasteiger partial charge >= 0.3 is 5.97 Å². The normalized spacial score (nSPS) is 19.5. The summed E-state index contributed by atoms with van der Waals surface area (Å²) in [4.78, 5) is 13.2. The van der Waals surface area contributed by atoms with Gasteiger partial charge in [0.25, 0.3) is 0 Å². The van der Waals surface area contributed by atoms with E-state index in [1.165, 1.54) is 5.56 Å². The highest BCUT2D eigenvalue weighted by Crippen LogP contribution is 2.22. The number of hydrogen-bond acceptors (Lipinski definition) is 3. The van der Waals surface area contributed by atoms with Crippen LogP contribution in [0.4, 0.5) is 0 Å². The lowest BCUT2D eigenvalue weighted by atomic mass is 9.99. The third-order valence-corrected chi connectivity index (χ3v) is 5.06. The van der Waals surface area contributed by atoms with Gasteiger partial charge in [-0.25, -0.2) is 0 Å². The van der Waals surface area contributed by atoms with Crippen LogP contribution in [0.15, 0.2) is 48.5 Å². The van der Waals surface area contributed by atoms with Gasteiger partial charge in [-0.15, -0.1) is 0 Å². The van der Waals surface area contributed by atoms with Crippen LogP contribution in [0.1, 0.15) is 12.5 Å². The molecule has 1 fully saturated rings. The van der Waals surface area contributed by atoms with Gasteiger partial charge in [-0.1, -0.05) is 48.0 Å². The van der Waals surface area contributed by atoms with Crippen LogP contribution in [0, 0.1) is 0 Å². The van der Waals surface area contributed by atoms with Gasteiger partial charge in [0, 0.05) is 30.7 Å². The number of nitrogens with one attached hydrogen (secondary N) is 1. The van der Waals surface area contributed by atoms with Gasteiger partial charge in [-0.2, -0.15) is 0 Å². The number of hydrogen-bond donors (Lipinski definition) is 2. The minimum Gasteiger partial charge on any atom is -0.480 e. The van der Waals surface area contributed by atoms with E-state index in [2.05, 4.69) is 29.6 Å². The average Bonchev–Trinajstić information content (AvgIpc) is 2.62. The Bertz CT molecular complexity index is 715. The van der Waals surface area contributed by atoms with E-state index < -0.39 is 12.0 Å². The summed E-state index contributed by atoms with van der Waals surface area (Å²) in [5.74, 6) is -0.757. The summed E-state index contributed by atoms with van der Waals surface area (Å²) < 4.78 is 0. The molecule has 25 heavy (non-hydrogen) atoms. The Hall–Kier alpha value is -1.88. The molecular weight excluding hydrogens is 336 g/mol. The molecule has 1 saturated heterocycles. The Morgan fingerprint density at radius 1 is 1.20 bits per heavy atom. The third kappa shape index (κ3) is 4.60. The zero-order chi connectivity index (χ0) is 17.8. The number of aliphatic carboxylic acids is 1. The van der Waals surface area contributed by atoms with E-state index in [1.54, 1.807) is 6.92 Å². The van der Waals surface area contributed by atoms with Gasteiger partial charge < -0.3 is 10.4 Å². The van der Waals surface area contributed by atoms with Crippen LogP contribution in [-0.4, -0.2) is 47.7 Å². The van der Waals surface area contributed by atoms with Crippen molar-refractivity contribution in [2.24, 2.45) is 0 Å². The van der Waals surface area contributed by atoms with Gasteiger partial charge in [0.1, 0.15) is 6.04 Å². The molecule has 2 aromatic carbocycles. The maximum Gasteiger partial charge on any atom is 0.320 e. The summed E-state index contributed by atoms with van der Waals surface area (Å²) in [7, 11) is 0. The topological polar surface area (TPSA) is 52.6 Å². The molecule has 0 saturated carbocycles. The first-order valence-electron chi connectivity index (χ1n) is 8.58. The molecular formula is C20H23ClN2O2. The molecule has 0 bridgehead atoms. The second kappa shape index (κ2) is 8.00. The Balaban J connectivity index is 1.63. The molecule has 0 spiro atoms. The number of carboxylic acid groups (broad SMARTS) is 1. The Labute approximate surface area is 153 Å². The molecule has 1 aliphatic rings. The molecule has 1 aliphatic heterocycles. The van der Waals surface area contributed by atoms with Crippen LogP contribution in [-0.2, 0) is 11.2 Å². The van der Waals surface area contributed by atoms with E-state index in [0.717, 1.165) is 42.2 Å². The highest BCUT2D eigenvalue weighted by molar-refractivity contribution is 6.30. The summed E-state index contributed by atoms with van der Waals surface area (Å²) in [6, 6.07) is 16.2. The molecule has 2 atom stereocenters. The molecule has 4 nitrogen and oxygen atoms in total. The first kappa shape index (κ1) is 17.9. The first-order chi connectivity index (χ1) is 12.0. The van der Waals surface area contributed by atoms with Crippen molar-refractivity contribution in [2.45, 2.75) is 25.4 Å². The largest absolute Gasteiger partial charge is 0.480 e. The maximum absolute atomic E-state index is 11.2. The molecule has 0 aromatic heterocycles. The molecule has 2 N–H and O–H groups in total. The summed E-state index contributed by atoms with van der Waals surface area (Å²) in [6.07, 6.45) is 0.893. The van der Waals surface area contributed by atoms with Gasteiger partial charge in [0.15, 0.2) is 0 Å². The average molecular weight is 359 g/mol. The fourth-order valence-corrected chi connectivity index (χ4v) is 3.38. The van der Waals surface area contributed by atoms with E-state index in [1.807, 2.05) is 29.2 Å². The smallest absolute Gasteiger partial charge is 0.320 e. The van der Waals surface area contributed by atoms with Crippen LogP contribution in [0.2, 0.25) is 5.02 Å². The number of carbonyl (C=O) groups is 1. The number of benzene rings is 2. The molecule has 132 valence electrons. The lowest BCUT2D eigenvalue weighted by Gasteiger charge is -2.36. The number of carboxylic acids is 1. The van der Waals surface area contributed by atoms with Gasteiger partial charge in [0.2, 0.25) is 0 Å². The zero-order valence-electron chi connectivity index (χ0n) is 14.3. The van der Waals surface area contributed by atoms with Crippen molar-refractivity contribution < 1.29 is 9.90 Å². The molecule has 0 aliphatic carbocycles. The third-order valence-electron chi connectivity index (χ3n) is 4.81. The number of rotatable bonds is 5. The van der Waals surface area contributed by atoms with Crippen molar-refractivity contribution in [1.82, 2.24) is 10.2 Å². The van der Waals surface area contributed by atoms with E-state index in [9.17, 15) is 9.90 Å². The van der Waals surface area contributed by atoms with E-state index in [4.69, 9.17) is 11.6 Å². The molecule has 0 amide bonds. The van der Waals surface area contributed by atoms with E-state index in [-0.39, 0.29) is 6.04 Å². The van der Waals surface area contributed by atoms with Crippen LogP contribution in [0.25, 0.3) is 11.1 Å². The second-order valence-electron chi connectivity index (χ2n) is 6.57. The van der Waals surface area contributed by atoms with Gasteiger partial charge in [0.05, 0.1) is 0 Å². The lowest BCUT2D eigenvalue weighted by molar-refractivity contribution is -0.143. The van der Waals surface area contributed by atoms with Crippen LogP contribution in [0.5, 0.6) is 0 Å². The number of piperazine rings is 1. The van der Waals surface area contributed by atoms with Crippen LogP contribution >= 0.6 is 11.6 Å². The molecule has 2 aromatic rings. The minimum atomic E-state index is -0.757. The number of halogens is 1. The fraction of sp³-hybridized carbons (Fsp3) is 0.350. The van der Waals surface area contributed by atoms with Crippen molar-refractivity contribution in [1.29, 1.82) is 0 Å². The zero-order valence-corrected chi connectivity index (χ0v) is 15.0. The van der Waals surface area contributed by atoms with Gasteiger partial charge in [-0.3, -0.25) is 9.69 Å². The highest BCUT2D eigenvalue weighted by Gasteiger charge is 2.26. The molecule has 1 unspecified atom stereocenters. The van der Waals surface area contributed by atoms with Crippen molar-refractivity contribution >= 4 is 17.6 Å². The standard InChI is InChI=1S/C20H23ClN2O2/c1-14(20(24)25)23-11-10-22-19(13-23)12-15-2-4-16(5-3-15)17-6-8-18(21)9-7-17/h2-9,14,19,22H,10-13H2,1H3,(H,24,25)/t14-,19?/m0/s1. The van der Waals surface area contributed by atoms with Crippen molar-refractivity contribution in [3.05, 3.63) is 59.1 Å². The highest BCUT2D eigenvalue weighted by atomic mass is 35.5. The second-order valence-corrected chi connectivity index (χ2v) is 7.00. The monoisotopic (exact) mass is 358 g/mol. The van der Waals surface area contributed by atoms with Crippen molar-refractivity contribution in [3.63, 3.8) is 0 Å². The van der Waals surface area contributed by atoms with E-state index >= 15 is 0 Å². The Kier molecular flexibility index (Phi) is 5.74. The summed E-state index contributed by atoms with van der Waals surface area (Å²) in [5, 5.41) is 13.4. The summed E-state index contributed by atoms with van der Waals surface area (Å²) in [6.45, 7) is 4.11. The Morgan fingerprint density at radius 2 is 1.80 bits per heavy atom. The van der Waals surface area contributed by atoms with Gasteiger partial charge in [-0.05, 0) is 42.2 Å². The lowest BCUT2D eigenvalue weighted by Crippen LogP contribution is -2.55. The molecule has 1 heterocycles. The molecule has 5 heteroatoms. The predicted molar refractivity (Wildman–Crippen MR) is 101 cm³/mol.